The normalized spacial score (nSPS) is 22.6. The first-order valence-electron chi connectivity index (χ1n) is 7.53. The second-order valence-electron chi connectivity index (χ2n) is 5.56. The van der Waals surface area contributed by atoms with Gasteiger partial charge in [0.25, 0.3) is 5.91 Å². The molecule has 116 valence electrons. The molecule has 5 heteroatoms. The summed E-state index contributed by atoms with van der Waals surface area (Å²) in [6, 6.07) is 10.0. The molecule has 1 unspecified atom stereocenters. The Labute approximate surface area is 125 Å². The van der Waals surface area contributed by atoms with Crippen molar-refractivity contribution in [3.05, 3.63) is 35.9 Å². The van der Waals surface area contributed by atoms with Gasteiger partial charge in [0.15, 0.2) is 5.60 Å². The van der Waals surface area contributed by atoms with Crippen LogP contribution in [0, 0.1) is 0 Å². The van der Waals surface area contributed by atoms with Gasteiger partial charge in [-0.15, -0.1) is 0 Å². The maximum absolute atomic E-state index is 12.4. The summed E-state index contributed by atoms with van der Waals surface area (Å²) in [5.41, 5.74) is -0.137. The number of nitrogens with one attached hydrogen (secondary N) is 1. The smallest absolute Gasteiger partial charge is 0.255 e. The van der Waals surface area contributed by atoms with Crippen LogP contribution in [0.2, 0.25) is 0 Å². The summed E-state index contributed by atoms with van der Waals surface area (Å²) in [6.45, 7) is 1.93. The van der Waals surface area contributed by atoms with Crippen LogP contribution in [0.25, 0.3) is 0 Å². The van der Waals surface area contributed by atoms with Gasteiger partial charge in [-0.1, -0.05) is 30.3 Å². The SMILES string of the molecule is O=C1N(CCc2ccccc2)CCCC1(O)CNCCO. The molecule has 1 heterocycles. The van der Waals surface area contributed by atoms with Crippen molar-refractivity contribution in [1.29, 1.82) is 0 Å². The molecule has 1 aliphatic heterocycles. The van der Waals surface area contributed by atoms with E-state index >= 15 is 0 Å². The zero-order valence-electron chi connectivity index (χ0n) is 12.3. The third-order valence-electron chi connectivity index (χ3n) is 3.92. The summed E-state index contributed by atoms with van der Waals surface area (Å²) in [4.78, 5) is 14.2. The van der Waals surface area contributed by atoms with Gasteiger partial charge in [-0.3, -0.25) is 4.79 Å². The number of nitrogens with zero attached hydrogens (tertiary/aromatic N) is 1. The van der Waals surface area contributed by atoms with Crippen LogP contribution in [0.1, 0.15) is 18.4 Å². The van der Waals surface area contributed by atoms with Crippen LogP contribution in [-0.2, 0) is 11.2 Å². The predicted molar refractivity (Wildman–Crippen MR) is 80.9 cm³/mol. The largest absolute Gasteiger partial charge is 0.395 e. The number of piperidine rings is 1. The minimum absolute atomic E-state index is 0.00198. The molecule has 1 atom stereocenters. The van der Waals surface area contributed by atoms with E-state index in [4.69, 9.17) is 5.11 Å². The highest BCUT2D eigenvalue weighted by atomic mass is 16.3. The van der Waals surface area contributed by atoms with Crippen LogP contribution < -0.4 is 5.32 Å². The molecule has 0 radical (unpaired) electrons. The molecule has 1 aliphatic rings. The molecule has 0 bridgehead atoms. The number of carbonyl (C=O) groups is 1. The quantitative estimate of drug-likeness (QED) is 0.626. The maximum atomic E-state index is 12.4. The first kappa shape index (κ1) is 15.9. The molecule has 2 rings (SSSR count). The van der Waals surface area contributed by atoms with Gasteiger partial charge in [0.2, 0.25) is 0 Å². The van der Waals surface area contributed by atoms with E-state index in [9.17, 15) is 9.90 Å². The number of likely N-dealkylation sites (tertiary alicyclic amines) is 1. The Balaban J connectivity index is 1.90. The Hall–Kier alpha value is -1.43. The van der Waals surface area contributed by atoms with Crippen molar-refractivity contribution in [3.8, 4) is 0 Å². The van der Waals surface area contributed by atoms with Crippen LogP contribution in [0.15, 0.2) is 30.3 Å². The van der Waals surface area contributed by atoms with E-state index < -0.39 is 5.60 Å². The van der Waals surface area contributed by atoms with Gasteiger partial charge in [-0.05, 0) is 24.8 Å². The highest BCUT2D eigenvalue weighted by molar-refractivity contribution is 5.86. The number of rotatable bonds is 7. The number of amides is 1. The van der Waals surface area contributed by atoms with E-state index in [1.54, 1.807) is 4.90 Å². The van der Waals surface area contributed by atoms with Gasteiger partial charge >= 0.3 is 0 Å². The molecule has 0 saturated carbocycles. The second kappa shape index (κ2) is 7.54. The first-order chi connectivity index (χ1) is 10.2. The predicted octanol–water partition coefficient (Wildman–Crippen LogP) is 0.164. The van der Waals surface area contributed by atoms with Crippen molar-refractivity contribution in [2.45, 2.75) is 24.9 Å². The number of carbonyl (C=O) groups excluding carboxylic acids is 1. The van der Waals surface area contributed by atoms with Crippen molar-refractivity contribution >= 4 is 5.91 Å². The van der Waals surface area contributed by atoms with Gasteiger partial charge in [0, 0.05) is 26.2 Å². The van der Waals surface area contributed by atoms with Crippen LogP contribution in [0.4, 0.5) is 0 Å². The fraction of sp³-hybridized carbons (Fsp3) is 0.562. The van der Waals surface area contributed by atoms with Crippen LogP contribution in [-0.4, -0.2) is 59.4 Å². The second-order valence-corrected chi connectivity index (χ2v) is 5.56. The monoisotopic (exact) mass is 292 g/mol. The molecule has 1 aromatic rings. The van der Waals surface area contributed by atoms with Gasteiger partial charge in [0.05, 0.1) is 6.61 Å². The van der Waals surface area contributed by atoms with E-state index in [1.165, 1.54) is 5.56 Å². The highest BCUT2D eigenvalue weighted by Gasteiger charge is 2.41. The van der Waals surface area contributed by atoms with E-state index in [1.807, 2.05) is 30.3 Å². The van der Waals surface area contributed by atoms with Crippen LogP contribution >= 0.6 is 0 Å². The Morgan fingerprint density at radius 1 is 1.29 bits per heavy atom. The van der Waals surface area contributed by atoms with E-state index in [0.717, 1.165) is 12.8 Å². The fourth-order valence-electron chi connectivity index (χ4n) is 2.73. The summed E-state index contributed by atoms with van der Waals surface area (Å²) in [6.07, 6.45) is 2.08. The van der Waals surface area contributed by atoms with Crippen LogP contribution in [0.3, 0.4) is 0 Å². The van der Waals surface area contributed by atoms with Crippen molar-refractivity contribution < 1.29 is 15.0 Å². The van der Waals surface area contributed by atoms with Crippen molar-refractivity contribution in [1.82, 2.24) is 10.2 Å². The highest BCUT2D eigenvalue weighted by Crippen LogP contribution is 2.22. The van der Waals surface area contributed by atoms with Crippen molar-refractivity contribution in [3.63, 3.8) is 0 Å². The number of aliphatic hydroxyl groups is 2. The molecule has 0 spiro atoms. The van der Waals surface area contributed by atoms with E-state index in [2.05, 4.69) is 5.32 Å². The van der Waals surface area contributed by atoms with Crippen LogP contribution in [0.5, 0.6) is 0 Å². The average molecular weight is 292 g/mol. The standard InChI is InChI=1S/C16H24N2O3/c19-12-9-17-13-16(21)8-4-10-18(15(16)20)11-7-14-5-2-1-3-6-14/h1-3,5-6,17,19,21H,4,7-13H2. The third-order valence-corrected chi connectivity index (χ3v) is 3.92. The Kier molecular flexibility index (Phi) is 5.73. The molecule has 1 amide bonds. The fourth-order valence-corrected chi connectivity index (χ4v) is 2.73. The Bertz CT molecular complexity index is 452. The summed E-state index contributed by atoms with van der Waals surface area (Å²) < 4.78 is 0. The number of hydrogen-bond acceptors (Lipinski definition) is 4. The molecule has 3 N–H and O–H groups in total. The minimum Gasteiger partial charge on any atom is -0.395 e. The average Bonchev–Trinajstić information content (AvgIpc) is 2.50. The molecule has 1 aromatic carbocycles. The summed E-state index contributed by atoms with van der Waals surface area (Å²) in [7, 11) is 0. The Morgan fingerprint density at radius 3 is 2.76 bits per heavy atom. The zero-order chi connectivity index (χ0) is 15.1. The number of aliphatic hydroxyl groups excluding tert-OH is 1. The summed E-state index contributed by atoms with van der Waals surface area (Å²) in [5.74, 6) is -0.199. The molecule has 0 aliphatic carbocycles. The van der Waals surface area contributed by atoms with Gasteiger partial charge in [-0.2, -0.15) is 0 Å². The van der Waals surface area contributed by atoms with Gasteiger partial charge in [-0.25, -0.2) is 0 Å². The minimum atomic E-state index is -1.33. The first-order valence-corrected chi connectivity index (χ1v) is 7.53. The summed E-state index contributed by atoms with van der Waals surface area (Å²) in [5, 5.41) is 22.2. The van der Waals surface area contributed by atoms with Gasteiger partial charge in [0.1, 0.15) is 0 Å². The maximum Gasteiger partial charge on any atom is 0.255 e. The van der Waals surface area contributed by atoms with Crippen molar-refractivity contribution in [2.24, 2.45) is 0 Å². The molecular weight excluding hydrogens is 268 g/mol. The lowest BCUT2D eigenvalue weighted by atomic mass is 9.91. The topological polar surface area (TPSA) is 72.8 Å². The zero-order valence-corrected chi connectivity index (χ0v) is 12.3. The lowest BCUT2D eigenvalue weighted by molar-refractivity contribution is -0.156. The molecule has 5 nitrogen and oxygen atoms in total. The Morgan fingerprint density at radius 2 is 2.05 bits per heavy atom. The molecule has 0 aromatic heterocycles. The molecule has 21 heavy (non-hydrogen) atoms. The third kappa shape index (κ3) is 4.27. The van der Waals surface area contributed by atoms with E-state index in [0.29, 0.717) is 26.1 Å². The molecule has 1 saturated heterocycles. The summed E-state index contributed by atoms with van der Waals surface area (Å²) >= 11 is 0. The molecule has 1 fully saturated rings. The lowest BCUT2D eigenvalue weighted by Crippen LogP contribution is -2.58. The molecular formula is C16H24N2O3. The van der Waals surface area contributed by atoms with Gasteiger partial charge < -0.3 is 20.4 Å². The number of benzene rings is 1. The van der Waals surface area contributed by atoms with E-state index in [-0.39, 0.29) is 19.1 Å². The van der Waals surface area contributed by atoms with Crippen molar-refractivity contribution in [2.75, 3.05) is 32.8 Å². The lowest BCUT2D eigenvalue weighted by Gasteiger charge is -2.38. The number of hydrogen-bond donors (Lipinski definition) is 3.